The van der Waals surface area contributed by atoms with E-state index in [-0.39, 0.29) is 11.5 Å². The number of hydrogen-bond acceptors (Lipinski definition) is 4. The van der Waals surface area contributed by atoms with Crippen LogP contribution in [0.5, 0.6) is 0 Å². The lowest BCUT2D eigenvalue weighted by atomic mass is 10.1. The highest BCUT2D eigenvalue weighted by Gasteiger charge is 2.10. The second-order valence-electron chi connectivity index (χ2n) is 9.03. The zero-order valence-electron chi connectivity index (χ0n) is 21.0. The van der Waals surface area contributed by atoms with E-state index in [0.29, 0.717) is 26.1 Å². The standard InChI is InChI=1S/C26H54O4S/c1-3-5-7-9-11-13-15-17-21-29-23-19-25-31(27,28)26-20-24-30-22-18-16-14-12-10-8-6-4-2/h3-26H2,1-2H3. The Kier molecular flexibility index (Phi) is 24.4. The quantitative estimate of drug-likeness (QED) is 0.125. The average Bonchev–Trinajstić information content (AvgIpc) is 2.75. The van der Waals surface area contributed by atoms with Crippen LogP contribution in [-0.2, 0) is 19.3 Å². The van der Waals surface area contributed by atoms with Crippen molar-refractivity contribution in [1.82, 2.24) is 0 Å². The van der Waals surface area contributed by atoms with Gasteiger partial charge in [0.15, 0.2) is 0 Å². The van der Waals surface area contributed by atoms with Crippen LogP contribution in [0.25, 0.3) is 0 Å². The van der Waals surface area contributed by atoms with Gasteiger partial charge >= 0.3 is 0 Å². The molecule has 0 atom stereocenters. The lowest BCUT2D eigenvalue weighted by molar-refractivity contribution is 0.130. The maximum Gasteiger partial charge on any atom is 0.150 e. The normalized spacial score (nSPS) is 11.9. The first-order chi connectivity index (χ1) is 15.1. The van der Waals surface area contributed by atoms with Crippen LogP contribution in [0.15, 0.2) is 0 Å². The van der Waals surface area contributed by atoms with Gasteiger partial charge < -0.3 is 9.47 Å². The molecule has 0 saturated heterocycles. The van der Waals surface area contributed by atoms with E-state index in [1.807, 2.05) is 0 Å². The van der Waals surface area contributed by atoms with Crippen molar-refractivity contribution in [2.45, 2.75) is 129 Å². The Morgan fingerprint density at radius 2 is 0.710 bits per heavy atom. The summed E-state index contributed by atoms with van der Waals surface area (Å²) in [6, 6.07) is 0. The van der Waals surface area contributed by atoms with Gasteiger partial charge in [-0.15, -0.1) is 0 Å². The highest BCUT2D eigenvalue weighted by molar-refractivity contribution is 7.91. The fourth-order valence-corrected chi connectivity index (χ4v) is 5.06. The molecule has 0 heterocycles. The lowest BCUT2D eigenvalue weighted by Crippen LogP contribution is -2.15. The maximum absolute atomic E-state index is 12.1. The second-order valence-corrected chi connectivity index (χ2v) is 11.3. The number of rotatable bonds is 26. The highest BCUT2D eigenvalue weighted by atomic mass is 32.2. The van der Waals surface area contributed by atoms with Crippen LogP contribution >= 0.6 is 0 Å². The van der Waals surface area contributed by atoms with Crippen molar-refractivity contribution in [2.75, 3.05) is 37.9 Å². The van der Waals surface area contributed by atoms with Crippen LogP contribution in [0.2, 0.25) is 0 Å². The Morgan fingerprint density at radius 1 is 0.419 bits per heavy atom. The molecule has 0 aromatic rings. The Balaban J connectivity index is 3.31. The molecule has 0 amide bonds. The number of unbranched alkanes of at least 4 members (excludes halogenated alkanes) is 14. The molecule has 4 nitrogen and oxygen atoms in total. The Labute approximate surface area is 195 Å². The summed E-state index contributed by atoms with van der Waals surface area (Å²) >= 11 is 0. The molecule has 0 aliphatic carbocycles. The summed E-state index contributed by atoms with van der Waals surface area (Å²) < 4.78 is 35.4. The van der Waals surface area contributed by atoms with Gasteiger partial charge in [0, 0.05) is 26.4 Å². The lowest BCUT2D eigenvalue weighted by Gasteiger charge is -2.07. The molecule has 0 aliphatic rings. The molecule has 31 heavy (non-hydrogen) atoms. The maximum atomic E-state index is 12.1. The molecule has 0 aliphatic heterocycles. The average molecular weight is 463 g/mol. The minimum absolute atomic E-state index is 0.239. The van der Waals surface area contributed by atoms with Gasteiger partial charge in [-0.2, -0.15) is 0 Å². The van der Waals surface area contributed by atoms with Crippen molar-refractivity contribution in [1.29, 1.82) is 0 Å². The van der Waals surface area contributed by atoms with Crippen molar-refractivity contribution < 1.29 is 17.9 Å². The number of sulfone groups is 1. The van der Waals surface area contributed by atoms with Gasteiger partial charge in [-0.3, -0.25) is 0 Å². The van der Waals surface area contributed by atoms with Crippen LogP contribution in [0, 0.1) is 0 Å². The highest BCUT2D eigenvalue weighted by Crippen LogP contribution is 2.09. The molecule has 0 aromatic carbocycles. The van der Waals surface area contributed by atoms with Crippen LogP contribution in [0.3, 0.4) is 0 Å². The van der Waals surface area contributed by atoms with E-state index in [4.69, 9.17) is 9.47 Å². The van der Waals surface area contributed by atoms with E-state index < -0.39 is 9.84 Å². The van der Waals surface area contributed by atoms with E-state index in [2.05, 4.69) is 13.8 Å². The smallest absolute Gasteiger partial charge is 0.150 e. The summed E-state index contributed by atoms with van der Waals surface area (Å²) in [5.74, 6) is 0.477. The summed E-state index contributed by atoms with van der Waals surface area (Å²) in [6.45, 7) is 7.14. The number of hydrogen-bond donors (Lipinski definition) is 0. The van der Waals surface area contributed by atoms with E-state index >= 15 is 0 Å². The third kappa shape index (κ3) is 26.0. The molecule has 188 valence electrons. The van der Waals surface area contributed by atoms with E-state index in [1.54, 1.807) is 0 Å². The Hall–Kier alpha value is -0.130. The van der Waals surface area contributed by atoms with Crippen molar-refractivity contribution >= 4 is 9.84 Å². The molecule has 5 heteroatoms. The molecular formula is C26H54O4S. The van der Waals surface area contributed by atoms with Crippen molar-refractivity contribution in [3.63, 3.8) is 0 Å². The van der Waals surface area contributed by atoms with Gasteiger partial charge in [-0.05, 0) is 25.7 Å². The fraction of sp³-hybridized carbons (Fsp3) is 1.00. The first kappa shape index (κ1) is 30.9. The van der Waals surface area contributed by atoms with Gasteiger partial charge in [0.2, 0.25) is 0 Å². The van der Waals surface area contributed by atoms with Crippen LogP contribution < -0.4 is 0 Å². The minimum Gasteiger partial charge on any atom is -0.381 e. The molecular weight excluding hydrogens is 408 g/mol. The van der Waals surface area contributed by atoms with Gasteiger partial charge in [-0.1, -0.05) is 104 Å². The largest absolute Gasteiger partial charge is 0.381 e. The fourth-order valence-electron chi connectivity index (χ4n) is 3.74. The topological polar surface area (TPSA) is 52.6 Å². The second kappa shape index (κ2) is 24.5. The zero-order valence-corrected chi connectivity index (χ0v) is 21.8. The summed E-state index contributed by atoms with van der Waals surface area (Å²) in [6.07, 6.45) is 21.9. The van der Waals surface area contributed by atoms with Crippen molar-refractivity contribution in [2.24, 2.45) is 0 Å². The molecule has 0 rings (SSSR count). The molecule has 0 unspecified atom stereocenters. The van der Waals surface area contributed by atoms with Gasteiger partial charge in [-0.25, -0.2) is 8.42 Å². The van der Waals surface area contributed by atoms with Crippen molar-refractivity contribution in [3.05, 3.63) is 0 Å². The monoisotopic (exact) mass is 462 g/mol. The molecule has 0 spiro atoms. The third-order valence-electron chi connectivity index (χ3n) is 5.77. The summed E-state index contributed by atoms with van der Waals surface area (Å²) in [4.78, 5) is 0. The molecule has 0 radical (unpaired) electrons. The van der Waals surface area contributed by atoms with Gasteiger partial charge in [0.25, 0.3) is 0 Å². The van der Waals surface area contributed by atoms with Gasteiger partial charge in [0.05, 0.1) is 11.5 Å². The van der Waals surface area contributed by atoms with E-state index in [1.165, 1.54) is 89.9 Å². The van der Waals surface area contributed by atoms with Crippen LogP contribution in [0.4, 0.5) is 0 Å². The summed E-state index contributed by atoms with van der Waals surface area (Å²) in [7, 11) is -2.97. The SMILES string of the molecule is CCCCCCCCCCOCCCS(=O)(=O)CCCOCCCCCCCCCC. The third-order valence-corrected chi connectivity index (χ3v) is 7.59. The summed E-state index contributed by atoms with van der Waals surface area (Å²) in [5, 5.41) is 0. The van der Waals surface area contributed by atoms with Gasteiger partial charge in [0.1, 0.15) is 9.84 Å². The first-order valence-corrected chi connectivity index (χ1v) is 15.3. The molecule has 0 fully saturated rings. The predicted molar refractivity (Wildman–Crippen MR) is 135 cm³/mol. The minimum atomic E-state index is -2.97. The predicted octanol–water partition coefficient (Wildman–Crippen LogP) is 7.50. The molecule has 0 saturated carbocycles. The zero-order chi connectivity index (χ0) is 22.9. The van der Waals surface area contributed by atoms with E-state index in [9.17, 15) is 8.42 Å². The first-order valence-electron chi connectivity index (χ1n) is 13.5. The Morgan fingerprint density at radius 3 is 1.06 bits per heavy atom. The molecule has 0 aromatic heterocycles. The molecule has 0 N–H and O–H groups in total. The number of ether oxygens (including phenoxy) is 2. The van der Waals surface area contributed by atoms with Crippen molar-refractivity contribution in [3.8, 4) is 0 Å². The van der Waals surface area contributed by atoms with E-state index in [0.717, 1.165) is 26.1 Å². The summed E-state index contributed by atoms with van der Waals surface area (Å²) in [5.41, 5.74) is 0. The van der Waals surface area contributed by atoms with Crippen LogP contribution in [-0.4, -0.2) is 46.4 Å². The Bertz CT molecular complexity index is 403. The van der Waals surface area contributed by atoms with Crippen LogP contribution in [0.1, 0.15) is 129 Å². The molecule has 0 bridgehead atoms.